The summed E-state index contributed by atoms with van der Waals surface area (Å²) in [5, 5.41) is 11.6. The molecule has 0 aliphatic heterocycles. The van der Waals surface area contributed by atoms with E-state index in [0.717, 1.165) is 12.1 Å². The van der Waals surface area contributed by atoms with E-state index >= 15 is 0 Å². The van der Waals surface area contributed by atoms with E-state index in [1.165, 1.54) is 5.56 Å². The fraction of sp³-hybridized carbons (Fsp3) is 0.222. The highest BCUT2D eigenvalue weighted by Gasteiger charge is 2.03. The average molecular weight is 206 g/mol. The number of nitrogens with zero attached hydrogens (tertiary/aromatic N) is 4. The molecule has 0 unspecified atom stereocenters. The quantitative estimate of drug-likeness (QED) is 0.757. The fourth-order valence-corrected chi connectivity index (χ4v) is 1.45. The highest BCUT2D eigenvalue weighted by molar-refractivity contribution is 7.80. The van der Waals surface area contributed by atoms with E-state index in [-0.39, 0.29) is 0 Å². The predicted molar refractivity (Wildman–Crippen MR) is 55.8 cm³/mol. The monoisotopic (exact) mass is 206 g/mol. The van der Waals surface area contributed by atoms with Crippen LogP contribution in [-0.2, 0) is 6.42 Å². The Morgan fingerprint density at radius 3 is 2.93 bits per heavy atom. The van der Waals surface area contributed by atoms with Crippen molar-refractivity contribution in [1.29, 1.82) is 0 Å². The first-order chi connectivity index (χ1) is 6.81. The fourth-order valence-electron chi connectivity index (χ4n) is 1.26. The third-order valence-corrected chi connectivity index (χ3v) is 2.30. The van der Waals surface area contributed by atoms with Crippen molar-refractivity contribution >= 4 is 12.6 Å². The summed E-state index contributed by atoms with van der Waals surface area (Å²) in [6.07, 6.45) is 0.998. The molecule has 0 fully saturated rings. The van der Waals surface area contributed by atoms with Gasteiger partial charge in [0.2, 0.25) is 5.16 Å². The molecule has 1 aromatic carbocycles. The number of rotatable bonds is 2. The van der Waals surface area contributed by atoms with Gasteiger partial charge in [0.1, 0.15) is 0 Å². The zero-order valence-corrected chi connectivity index (χ0v) is 8.65. The maximum atomic E-state index is 4.15. The van der Waals surface area contributed by atoms with E-state index in [4.69, 9.17) is 0 Å². The van der Waals surface area contributed by atoms with Gasteiger partial charge in [-0.05, 0) is 34.5 Å². The highest BCUT2D eigenvalue weighted by atomic mass is 32.1. The number of aromatic nitrogens is 4. The number of hydrogen-bond donors (Lipinski definition) is 1. The van der Waals surface area contributed by atoms with Crippen LogP contribution in [-0.4, -0.2) is 20.2 Å². The summed E-state index contributed by atoms with van der Waals surface area (Å²) < 4.78 is 1.60. The maximum Gasteiger partial charge on any atom is 0.211 e. The van der Waals surface area contributed by atoms with Crippen LogP contribution in [0.1, 0.15) is 12.5 Å². The summed E-state index contributed by atoms with van der Waals surface area (Å²) in [4.78, 5) is 0. The number of aryl methyl sites for hydroxylation is 1. The first kappa shape index (κ1) is 9.21. The molecule has 0 bridgehead atoms. The summed E-state index contributed by atoms with van der Waals surface area (Å²) >= 11 is 4.15. The highest BCUT2D eigenvalue weighted by Crippen LogP contribution is 2.12. The van der Waals surface area contributed by atoms with Crippen molar-refractivity contribution in [2.24, 2.45) is 0 Å². The van der Waals surface area contributed by atoms with Crippen molar-refractivity contribution in [1.82, 2.24) is 20.2 Å². The Labute approximate surface area is 87.4 Å². The van der Waals surface area contributed by atoms with Gasteiger partial charge in [-0.3, -0.25) is 0 Å². The molecule has 0 saturated heterocycles. The average Bonchev–Trinajstić information content (AvgIpc) is 2.65. The molecular formula is C9H10N4S. The summed E-state index contributed by atoms with van der Waals surface area (Å²) in [7, 11) is 0. The lowest BCUT2D eigenvalue weighted by molar-refractivity contribution is 0.756. The molecule has 14 heavy (non-hydrogen) atoms. The van der Waals surface area contributed by atoms with Crippen LogP contribution in [0.25, 0.3) is 5.69 Å². The van der Waals surface area contributed by atoms with Crippen LogP contribution < -0.4 is 0 Å². The minimum Gasteiger partial charge on any atom is -0.188 e. The van der Waals surface area contributed by atoms with Gasteiger partial charge >= 0.3 is 0 Å². The van der Waals surface area contributed by atoms with E-state index < -0.39 is 0 Å². The van der Waals surface area contributed by atoms with Gasteiger partial charge in [-0.1, -0.05) is 19.1 Å². The van der Waals surface area contributed by atoms with Gasteiger partial charge in [0.15, 0.2) is 0 Å². The van der Waals surface area contributed by atoms with Crippen molar-refractivity contribution in [3.8, 4) is 5.69 Å². The Morgan fingerprint density at radius 1 is 1.43 bits per heavy atom. The molecule has 1 aromatic heterocycles. The molecule has 2 rings (SSSR count). The van der Waals surface area contributed by atoms with E-state index in [2.05, 4.69) is 47.2 Å². The topological polar surface area (TPSA) is 43.6 Å². The standard InChI is InChI=1S/C9H10N4S/c1-2-7-4-3-5-8(6-7)13-9(14)10-11-12-13/h3-6H,2H2,1H3,(H,10,12,14). The molecule has 0 aliphatic rings. The van der Waals surface area contributed by atoms with Crippen LogP contribution in [0.3, 0.4) is 0 Å². The van der Waals surface area contributed by atoms with Gasteiger partial charge in [-0.2, -0.15) is 4.68 Å². The Kier molecular flexibility index (Phi) is 2.49. The van der Waals surface area contributed by atoms with Crippen LogP contribution in [0.5, 0.6) is 0 Å². The number of thiol groups is 1. The van der Waals surface area contributed by atoms with E-state index in [1.807, 2.05) is 12.1 Å². The molecule has 4 nitrogen and oxygen atoms in total. The molecular weight excluding hydrogens is 196 g/mol. The van der Waals surface area contributed by atoms with Crippen molar-refractivity contribution in [2.45, 2.75) is 18.5 Å². The largest absolute Gasteiger partial charge is 0.211 e. The maximum absolute atomic E-state index is 4.15. The second-order valence-electron chi connectivity index (χ2n) is 2.91. The van der Waals surface area contributed by atoms with Crippen molar-refractivity contribution in [2.75, 3.05) is 0 Å². The Hall–Kier alpha value is -1.36. The molecule has 2 aromatic rings. The molecule has 72 valence electrons. The van der Waals surface area contributed by atoms with Crippen molar-refractivity contribution < 1.29 is 0 Å². The number of benzene rings is 1. The number of tetrazole rings is 1. The SMILES string of the molecule is CCc1cccc(-n2nnnc2S)c1. The summed E-state index contributed by atoms with van der Waals surface area (Å²) in [5.74, 6) is 0. The zero-order valence-electron chi connectivity index (χ0n) is 7.75. The Morgan fingerprint density at radius 2 is 2.29 bits per heavy atom. The third kappa shape index (κ3) is 1.63. The van der Waals surface area contributed by atoms with Crippen LogP contribution in [0.15, 0.2) is 29.4 Å². The smallest absolute Gasteiger partial charge is 0.188 e. The van der Waals surface area contributed by atoms with Gasteiger partial charge in [-0.15, -0.1) is 17.7 Å². The van der Waals surface area contributed by atoms with Crippen LogP contribution in [0.4, 0.5) is 0 Å². The van der Waals surface area contributed by atoms with E-state index in [1.54, 1.807) is 4.68 Å². The van der Waals surface area contributed by atoms with Gasteiger partial charge in [0.05, 0.1) is 5.69 Å². The van der Waals surface area contributed by atoms with Gasteiger partial charge < -0.3 is 0 Å². The predicted octanol–water partition coefficient (Wildman–Crippen LogP) is 1.51. The molecule has 1 heterocycles. The summed E-state index contributed by atoms with van der Waals surface area (Å²) in [6.45, 7) is 2.11. The molecule has 0 saturated carbocycles. The number of hydrogen-bond acceptors (Lipinski definition) is 4. The Bertz CT molecular complexity index is 438. The summed E-state index contributed by atoms with van der Waals surface area (Å²) in [6, 6.07) is 8.07. The van der Waals surface area contributed by atoms with E-state index in [0.29, 0.717) is 5.16 Å². The van der Waals surface area contributed by atoms with Crippen LogP contribution in [0.2, 0.25) is 0 Å². The lowest BCUT2D eigenvalue weighted by Gasteiger charge is -2.02. The first-order valence-corrected chi connectivity index (χ1v) is 4.82. The molecule has 0 atom stereocenters. The molecule has 0 aliphatic carbocycles. The lowest BCUT2D eigenvalue weighted by atomic mass is 10.1. The molecule has 0 N–H and O–H groups in total. The van der Waals surface area contributed by atoms with Gasteiger partial charge in [-0.25, -0.2) is 0 Å². The zero-order chi connectivity index (χ0) is 9.97. The van der Waals surface area contributed by atoms with Gasteiger partial charge in [0, 0.05) is 0 Å². The second-order valence-corrected chi connectivity index (χ2v) is 3.31. The first-order valence-electron chi connectivity index (χ1n) is 4.38. The Balaban J connectivity index is 2.47. The molecule has 5 heteroatoms. The molecule has 0 amide bonds. The van der Waals surface area contributed by atoms with Crippen molar-refractivity contribution in [3.63, 3.8) is 0 Å². The lowest BCUT2D eigenvalue weighted by Crippen LogP contribution is -1.98. The second kappa shape index (κ2) is 3.79. The minimum absolute atomic E-state index is 0.498. The molecule has 0 radical (unpaired) electrons. The van der Waals surface area contributed by atoms with Crippen LogP contribution in [0, 0.1) is 0 Å². The molecule has 0 spiro atoms. The van der Waals surface area contributed by atoms with Crippen LogP contribution >= 0.6 is 12.6 Å². The minimum atomic E-state index is 0.498. The van der Waals surface area contributed by atoms with Gasteiger partial charge in [0.25, 0.3) is 0 Å². The van der Waals surface area contributed by atoms with Crippen molar-refractivity contribution in [3.05, 3.63) is 29.8 Å². The van der Waals surface area contributed by atoms with E-state index in [9.17, 15) is 0 Å². The normalized spacial score (nSPS) is 10.4. The summed E-state index contributed by atoms with van der Waals surface area (Å²) in [5.41, 5.74) is 2.20. The third-order valence-electron chi connectivity index (χ3n) is 2.02.